The summed E-state index contributed by atoms with van der Waals surface area (Å²) in [4.78, 5) is 1.52. The molecule has 2 nitrogen and oxygen atoms in total. The Morgan fingerprint density at radius 2 is 1.00 bits per heavy atom. The molecule has 2 fully saturated rings. The molecule has 2 aliphatic carbocycles. The van der Waals surface area contributed by atoms with Crippen LogP contribution in [0.5, 0.6) is 0 Å². The molecule has 16 heavy (non-hydrogen) atoms. The lowest BCUT2D eigenvalue weighted by Gasteiger charge is -2.18. The van der Waals surface area contributed by atoms with Crippen molar-refractivity contribution in [1.29, 1.82) is 0 Å². The molecule has 2 rings (SSSR count). The van der Waals surface area contributed by atoms with Gasteiger partial charge in [0.2, 0.25) is 0 Å². The topological polar surface area (TPSA) is 24.1 Å². The van der Waals surface area contributed by atoms with Gasteiger partial charge in [0.05, 0.1) is 0 Å². The maximum absolute atomic E-state index is 5.33. The highest BCUT2D eigenvalue weighted by molar-refractivity contribution is 7.89. The molecule has 0 radical (unpaired) electrons. The van der Waals surface area contributed by atoms with E-state index in [0.717, 1.165) is 9.98 Å². The Morgan fingerprint density at radius 1 is 0.688 bits per heavy atom. The van der Waals surface area contributed by atoms with Gasteiger partial charge in [0, 0.05) is 12.1 Å². The third-order valence-corrected chi connectivity index (χ3v) is 4.36. The smallest absolute Gasteiger partial charge is 0.134 e. The lowest BCUT2D eigenvalue weighted by atomic mass is 10.2. The molecule has 2 N–H and O–H groups in total. The van der Waals surface area contributed by atoms with Gasteiger partial charge in [-0.3, -0.25) is 0 Å². The van der Waals surface area contributed by atoms with Crippen molar-refractivity contribution in [2.24, 2.45) is 0 Å². The third-order valence-electron chi connectivity index (χ3n) is 3.59. The average molecular weight is 256 g/mol. The SMILES string of the molecule is S=C(NC1CCCC1)C(=S)NC1CCCC1. The van der Waals surface area contributed by atoms with Gasteiger partial charge in [0.15, 0.2) is 0 Å². The van der Waals surface area contributed by atoms with Crippen molar-refractivity contribution in [3.05, 3.63) is 0 Å². The summed E-state index contributed by atoms with van der Waals surface area (Å²) in [7, 11) is 0. The summed E-state index contributed by atoms with van der Waals surface area (Å²) in [6, 6.07) is 1.13. The van der Waals surface area contributed by atoms with Crippen LogP contribution in [0.25, 0.3) is 0 Å². The third kappa shape index (κ3) is 3.39. The van der Waals surface area contributed by atoms with E-state index in [2.05, 4.69) is 10.6 Å². The molecule has 0 bridgehead atoms. The van der Waals surface area contributed by atoms with E-state index in [1.165, 1.54) is 51.4 Å². The summed E-state index contributed by atoms with van der Waals surface area (Å²) in [6.07, 6.45) is 10.3. The molecule has 0 aromatic carbocycles. The zero-order chi connectivity index (χ0) is 11.4. The van der Waals surface area contributed by atoms with E-state index in [1.807, 2.05) is 0 Å². The van der Waals surface area contributed by atoms with Gasteiger partial charge >= 0.3 is 0 Å². The first-order chi connectivity index (χ1) is 7.75. The molecule has 0 heterocycles. The highest BCUT2D eigenvalue weighted by Crippen LogP contribution is 2.19. The number of nitrogens with one attached hydrogen (secondary N) is 2. The fraction of sp³-hybridized carbons (Fsp3) is 0.833. The van der Waals surface area contributed by atoms with Crippen LogP contribution in [0.3, 0.4) is 0 Å². The maximum atomic E-state index is 5.33. The molecule has 0 atom stereocenters. The summed E-state index contributed by atoms with van der Waals surface area (Å²) in [5.41, 5.74) is 0. The van der Waals surface area contributed by atoms with E-state index < -0.39 is 0 Å². The van der Waals surface area contributed by atoms with Crippen molar-refractivity contribution in [3.8, 4) is 0 Å². The van der Waals surface area contributed by atoms with Crippen LogP contribution < -0.4 is 10.6 Å². The molecule has 2 aliphatic rings. The lowest BCUT2D eigenvalue weighted by Crippen LogP contribution is -2.44. The van der Waals surface area contributed by atoms with Gasteiger partial charge in [0.1, 0.15) is 9.98 Å². The molecule has 0 aromatic rings. The van der Waals surface area contributed by atoms with Crippen molar-refractivity contribution >= 4 is 34.4 Å². The molecular formula is C12H20N2S2. The monoisotopic (exact) mass is 256 g/mol. The molecule has 0 spiro atoms. The van der Waals surface area contributed by atoms with E-state index in [-0.39, 0.29) is 0 Å². The molecule has 0 saturated heterocycles. The largest absolute Gasteiger partial charge is 0.371 e. The van der Waals surface area contributed by atoms with Gasteiger partial charge in [-0.2, -0.15) is 0 Å². The van der Waals surface area contributed by atoms with Crippen LogP contribution >= 0.6 is 24.4 Å². The molecule has 4 heteroatoms. The van der Waals surface area contributed by atoms with E-state index in [1.54, 1.807) is 0 Å². The first-order valence-corrected chi connectivity index (χ1v) is 7.19. The minimum atomic E-state index is 0.566. The quantitative estimate of drug-likeness (QED) is 0.742. The standard InChI is InChI=1S/C12H20N2S2/c15-11(13-9-5-1-2-6-9)12(16)14-10-7-3-4-8-10/h9-10H,1-8H2,(H,13,15)(H,14,16). The van der Waals surface area contributed by atoms with E-state index in [4.69, 9.17) is 24.4 Å². The van der Waals surface area contributed by atoms with Crippen LogP contribution in [0.15, 0.2) is 0 Å². The van der Waals surface area contributed by atoms with Crippen LogP contribution in [0, 0.1) is 0 Å². The Hall–Kier alpha value is -0.220. The van der Waals surface area contributed by atoms with E-state index in [0.29, 0.717) is 12.1 Å². The maximum Gasteiger partial charge on any atom is 0.134 e. The van der Waals surface area contributed by atoms with Gasteiger partial charge in [-0.05, 0) is 25.7 Å². The van der Waals surface area contributed by atoms with Crippen molar-refractivity contribution in [2.45, 2.75) is 63.5 Å². The van der Waals surface area contributed by atoms with Crippen molar-refractivity contribution in [2.75, 3.05) is 0 Å². The second-order valence-corrected chi connectivity index (χ2v) is 5.73. The van der Waals surface area contributed by atoms with Crippen LogP contribution in [0.4, 0.5) is 0 Å². The van der Waals surface area contributed by atoms with Gasteiger partial charge in [0.25, 0.3) is 0 Å². The molecule has 2 saturated carbocycles. The average Bonchev–Trinajstić information content (AvgIpc) is 2.90. The predicted octanol–water partition coefficient (Wildman–Crippen LogP) is 2.71. The minimum Gasteiger partial charge on any atom is -0.371 e. The Morgan fingerprint density at radius 3 is 1.31 bits per heavy atom. The van der Waals surface area contributed by atoms with Crippen LogP contribution in [0.2, 0.25) is 0 Å². The second kappa shape index (κ2) is 5.92. The van der Waals surface area contributed by atoms with Crippen molar-refractivity contribution in [1.82, 2.24) is 10.6 Å². The first-order valence-electron chi connectivity index (χ1n) is 6.37. The molecule has 0 unspecified atom stereocenters. The molecule has 0 aliphatic heterocycles. The second-order valence-electron chi connectivity index (χ2n) is 4.91. The normalized spacial score (nSPS) is 22.2. The van der Waals surface area contributed by atoms with Crippen molar-refractivity contribution in [3.63, 3.8) is 0 Å². The zero-order valence-electron chi connectivity index (χ0n) is 9.63. The summed E-state index contributed by atoms with van der Waals surface area (Å²) in [5.74, 6) is 0. The Labute approximate surface area is 109 Å². The predicted molar refractivity (Wildman–Crippen MR) is 76.0 cm³/mol. The van der Waals surface area contributed by atoms with E-state index >= 15 is 0 Å². The number of hydrogen-bond acceptors (Lipinski definition) is 2. The van der Waals surface area contributed by atoms with Gasteiger partial charge in [-0.1, -0.05) is 50.1 Å². The Bertz CT molecular complexity index is 238. The van der Waals surface area contributed by atoms with Gasteiger partial charge in [-0.25, -0.2) is 0 Å². The summed E-state index contributed by atoms with van der Waals surface area (Å²) < 4.78 is 0. The van der Waals surface area contributed by atoms with Crippen LogP contribution in [-0.2, 0) is 0 Å². The lowest BCUT2D eigenvalue weighted by molar-refractivity contribution is 0.625. The summed E-state index contributed by atoms with van der Waals surface area (Å²) >= 11 is 10.7. The van der Waals surface area contributed by atoms with Crippen LogP contribution in [-0.4, -0.2) is 22.1 Å². The van der Waals surface area contributed by atoms with E-state index in [9.17, 15) is 0 Å². The minimum absolute atomic E-state index is 0.566. The first kappa shape index (κ1) is 12.2. The number of hydrogen-bond donors (Lipinski definition) is 2. The molecular weight excluding hydrogens is 236 g/mol. The summed E-state index contributed by atoms with van der Waals surface area (Å²) in [6.45, 7) is 0. The van der Waals surface area contributed by atoms with Gasteiger partial charge in [-0.15, -0.1) is 0 Å². The van der Waals surface area contributed by atoms with Crippen LogP contribution in [0.1, 0.15) is 51.4 Å². The number of rotatable bonds is 2. The fourth-order valence-corrected chi connectivity index (χ4v) is 3.09. The molecule has 0 aromatic heterocycles. The highest BCUT2D eigenvalue weighted by atomic mass is 32.1. The zero-order valence-corrected chi connectivity index (χ0v) is 11.3. The number of thiocarbonyl (C=S) groups is 2. The highest BCUT2D eigenvalue weighted by Gasteiger charge is 2.20. The molecule has 90 valence electrons. The van der Waals surface area contributed by atoms with Gasteiger partial charge < -0.3 is 10.6 Å². The summed E-state index contributed by atoms with van der Waals surface area (Å²) in [5, 5.41) is 6.76. The Balaban J connectivity index is 1.72. The van der Waals surface area contributed by atoms with Crippen molar-refractivity contribution < 1.29 is 0 Å². The Kier molecular flexibility index (Phi) is 4.53. The fourth-order valence-electron chi connectivity index (χ4n) is 2.64. The molecule has 0 amide bonds.